The summed E-state index contributed by atoms with van der Waals surface area (Å²) in [6.07, 6.45) is 4.11. The standard InChI is InChI=1S/C20H19ClN2O2/c1-20(2,15-6-4-3-5-7-15)18(24)19(23-13-12-22-14-23)25-17-10-8-16(21)9-11-17/h3-14,19H,1-2H3. The molecule has 3 rings (SSSR count). The van der Waals surface area contributed by atoms with E-state index in [1.54, 1.807) is 47.6 Å². The van der Waals surface area contributed by atoms with Crippen LogP contribution in [0, 0.1) is 0 Å². The maximum atomic E-state index is 13.3. The molecule has 4 nitrogen and oxygen atoms in total. The van der Waals surface area contributed by atoms with Crippen LogP contribution < -0.4 is 4.74 Å². The zero-order valence-corrected chi connectivity index (χ0v) is 14.9. The Hall–Kier alpha value is -2.59. The van der Waals surface area contributed by atoms with Crippen LogP contribution in [0.3, 0.4) is 0 Å². The fraction of sp³-hybridized carbons (Fsp3) is 0.200. The average Bonchev–Trinajstić information content (AvgIpc) is 3.16. The predicted octanol–water partition coefficient (Wildman–Crippen LogP) is 4.66. The fourth-order valence-electron chi connectivity index (χ4n) is 2.61. The van der Waals surface area contributed by atoms with Gasteiger partial charge in [-0.05, 0) is 43.7 Å². The highest BCUT2D eigenvalue weighted by Gasteiger charge is 2.37. The van der Waals surface area contributed by atoms with Crippen LogP contribution in [-0.4, -0.2) is 15.3 Å². The average molecular weight is 355 g/mol. The molecule has 25 heavy (non-hydrogen) atoms. The quantitative estimate of drug-likeness (QED) is 0.646. The predicted molar refractivity (Wildman–Crippen MR) is 97.8 cm³/mol. The van der Waals surface area contributed by atoms with Gasteiger partial charge in [0.15, 0.2) is 0 Å². The van der Waals surface area contributed by atoms with Gasteiger partial charge in [-0.25, -0.2) is 4.98 Å². The van der Waals surface area contributed by atoms with Gasteiger partial charge in [-0.2, -0.15) is 0 Å². The third kappa shape index (κ3) is 3.74. The van der Waals surface area contributed by atoms with Gasteiger partial charge in [-0.1, -0.05) is 41.9 Å². The summed E-state index contributed by atoms with van der Waals surface area (Å²) in [4.78, 5) is 17.4. The minimum absolute atomic E-state index is 0.0633. The molecule has 0 radical (unpaired) electrons. The molecule has 0 amide bonds. The maximum Gasteiger partial charge on any atom is 0.237 e. The number of benzene rings is 2. The monoisotopic (exact) mass is 354 g/mol. The molecule has 3 aromatic rings. The van der Waals surface area contributed by atoms with Crippen molar-refractivity contribution in [3.05, 3.63) is 83.9 Å². The minimum atomic E-state index is -0.820. The molecule has 0 bridgehead atoms. The Labute approximate surface area is 152 Å². The van der Waals surface area contributed by atoms with Crippen molar-refractivity contribution in [3.63, 3.8) is 0 Å². The molecular formula is C20H19ClN2O2. The summed E-state index contributed by atoms with van der Waals surface area (Å²) < 4.78 is 7.67. The van der Waals surface area contributed by atoms with Crippen LogP contribution in [0.15, 0.2) is 73.3 Å². The van der Waals surface area contributed by atoms with Gasteiger partial charge in [0.25, 0.3) is 0 Å². The summed E-state index contributed by atoms with van der Waals surface area (Å²) in [5.41, 5.74) is 0.215. The van der Waals surface area contributed by atoms with Crippen LogP contribution in [0.2, 0.25) is 5.02 Å². The molecule has 0 aliphatic heterocycles. The second-order valence-electron chi connectivity index (χ2n) is 6.29. The summed E-state index contributed by atoms with van der Waals surface area (Å²) >= 11 is 5.93. The summed E-state index contributed by atoms with van der Waals surface area (Å²) in [6, 6.07) is 16.6. The Morgan fingerprint density at radius 3 is 2.40 bits per heavy atom. The number of halogens is 1. The normalized spacial score (nSPS) is 12.6. The van der Waals surface area contributed by atoms with Crippen molar-refractivity contribution in [1.29, 1.82) is 0 Å². The van der Waals surface area contributed by atoms with Gasteiger partial charge in [0.05, 0.1) is 11.7 Å². The van der Waals surface area contributed by atoms with Gasteiger partial charge in [-0.3, -0.25) is 9.36 Å². The van der Waals surface area contributed by atoms with Crippen molar-refractivity contribution in [2.24, 2.45) is 0 Å². The lowest BCUT2D eigenvalue weighted by Crippen LogP contribution is -2.38. The SMILES string of the molecule is CC(C)(C(=O)C(Oc1ccc(Cl)cc1)n1ccnc1)c1ccccc1. The summed E-state index contributed by atoms with van der Waals surface area (Å²) in [6.45, 7) is 3.81. The molecule has 1 unspecified atom stereocenters. The van der Waals surface area contributed by atoms with Gasteiger partial charge in [0.1, 0.15) is 5.75 Å². The second kappa shape index (κ2) is 7.11. The van der Waals surface area contributed by atoms with Crippen LogP contribution in [0.25, 0.3) is 0 Å². The molecule has 0 spiro atoms. The number of rotatable bonds is 6. The molecule has 0 N–H and O–H groups in total. The Bertz CT molecular complexity index is 828. The number of nitrogens with zero attached hydrogens (tertiary/aromatic N) is 2. The molecule has 5 heteroatoms. The van der Waals surface area contributed by atoms with Gasteiger partial charge in [-0.15, -0.1) is 0 Å². The van der Waals surface area contributed by atoms with Crippen LogP contribution in [0.4, 0.5) is 0 Å². The molecule has 0 saturated carbocycles. The molecule has 0 fully saturated rings. The zero-order valence-electron chi connectivity index (χ0n) is 14.1. The molecule has 1 aromatic heterocycles. The van der Waals surface area contributed by atoms with E-state index in [1.807, 2.05) is 44.2 Å². The number of hydrogen-bond donors (Lipinski definition) is 0. The third-order valence-electron chi connectivity index (χ3n) is 4.19. The number of hydrogen-bond acceptors (Lipinski definition) is 3. The van der Waals surface area contributed by atoms with Crippen molar-refractivity contribution in [2.75, 3.05) is 0 Å². The lowest BCUT2D eigenvalue weighted by Gasteiger charge is -2.29. The summed E-state index contributed by atoms with van der Waals surface area (Å²) in [7, 11) is 0. The summed E-state index contributed by atoms with van der Waals surface area (Å²) in [5.74, 6) is 0.506. The van der Waals surface area contributed by atoms with Gasteiger partial charge in [0, 0.05) is 17.4 Å². The first-order valence-electron chi connectivity index (χ1n) is 7.98. The first-order chi connectivity index (χ1) is 12.0. The highest BCUT2D eigenvalue weighted by Crippen LogP contribution is 2.31. The molecule has 0 aliphatic rings. The lowest BCUT2D eigenvalue weighted by atomic mass is 9.80. The van der Waals surface area contributed by atoms with E-state index < -0.39 is 11.6 Å². The number of carbonyl (C=O) groups is 1. The van der Waals surface area contributed by atoms with Crippen LogP contribution in [-0.2, 0) is 10.2 Å². The molecule has 1 atom stereocenters. The number of ketones is 1. The first kappa shape index (κ1) is 17.2. The third-order valence-corrected chi connectivity index (χ3v) is 4.44. The van der Waals surface area contributed by atoms with E-state index in [0.29, 0.717) is 10.8 Å². The Kier molecular flexibility index (Phi) is 4.91. The maximum absolute atomic E-state index is 13.3. The number of aromatic nitrogens is 2. The molecule has 128 valence electrons. The molecule has 0 saturated heterocycles. The molecular weight excluding hydrogens is 336 g/mol. The van der Waals surface area contributed by atoms with Crippen molar-refractivity contribution in [2.45, 2.75) is 25.5 Å². The van der Waals surface area contributed by atoms with Gasteiger partial charge < -0.3 is 4.74 Å². The molecule has 0 aliphatic carbocycles. The zero-order chi connectivity index (χ0) is 17.9. The van der Waals surface area contributed by atoms with Crippen LogP contribution in [0.5, 0.6) is 5.75 Å². The van der Waals surface area contributed by atoms with Crippen molar-refractivity contribution in [3.8, 4) is 5.75 Å². The fourth-order valence-corrected chi connectivity index (χ4v) is 2.73. The van der Waals surface area contributed by atoms with Gasteiger partial charge >= 0.3 is 0 Å². The van der Waals surface area contributed by atoms with E-state index in [1.165, 1.54) is 0 Å². The van der Waals surface area contributed by atoms with Crippen molar-refractivity contribution >= 4 is 17.4 Å². The van der Waals surface area contributed by atoms with E-state index >= 15 is 0 Å². The van der Waals surface area contributed by atoms with E-state index in [-0.39, 0.29) is 5.78 Å². The van der Waals surface area contributed by atoms with Crippen molar-refractivity contribution in [1.82, 2.24) is 9.55 Å². The van der Waals surface area contributed by atoms with Crippen molar-refractivity contribution < 1.29 is 9.53 Å². The highest BCUT2D eigenvalue weighted by molar-refractivity contribution is 6.30. The summed E-state index contributed by atoms with van der Waals surface area (Å²) in [5, 5.41) is 0.613. The van der Waals surface area contributed by atoms with Crippen LogP contribution >= 0.6 is 11.6 Å². The molecule has 1 heterocycles. The molecule has 2 aromatic carbocycles. The Morgan fingerprint density at radius 2 is 1.80 bits per heavy atom. The van der Waals surface area contributed by atoms with Crippen LogP contribution in [0.1, 0.15) is 25.6 Å². The smallest absolute Gasteiger partial charge is 0.237 e. The van der Waals surface area contributed by atoms with E-state index in [2.05, 4.69) is 4.98 Å². The van der Waals surface area contributed by atoms with E-state index in [4.69, 9.17) is 16.3 Å². The largest absolute Gasteiger partial charge is 0.463 e. The first-order valence-corrected chi connectivity index (χ1v) is 8.36. The number of imidazole rings is 1. The Balaban J connectivity index is 1.94. The van der Waals surface area contributed by atoms with E-state index in [9.17, 15) is 4.79 Å². The lowest BCUT2D eigenvalue weighted by molar-refractivity contribution is -0.134. The van der Waals surface area contributed by atoms with Gasteiger partial charge in [0.2, 0.25) is 12.0 Å². The van der Waals surface area contributed by atoms with E-state index in [0.717, 1.165) is 5.56 Å². The minimum Gasteiger partial charge on any atom is -0.463 e. The number of carbonyl (C=O) groups excluding carboxylic acids is 1. The number of ether oxygens (including phenoxy) is 1. The second-order valence-corrected chi connectivity index (χ2v) is 6.73. The topological polar surface area (TPSA) is 44.1 Å². The number of Topliss-reactive ketones (excluding diaryl/α,β-unsaturated/α-hetero) is 1. The Morgan fingerprint density at radius 1 is 1.12 bits per heavy atom. The highest BCUT2D eigenvalue weighted by atomic mass is 35.5.